The lowest BCUT2D eigenvalue weighted by Gasteiger charge is -2.27. The Balaban J connectivity index is 1.49. The van der Waals surface area contributed by atoms with Crippen LogP contribution in [0.5, 0.6) is 0 Å². The predicted molar refractivity (Wildman–Crippen MR) is 87.2 cm³/mol. The van der Waals surface area contributed by atoms with Crippen molar-refractivity contribution < 1.29 is 5.11 Å². The van der Waals surface area contributed by atoms with Crippen LogP contribution in [0.2, 0.25) is 0 Å². The molecule has 1 saturated heterocycles. The lowest BCUT2D eigenvalue weighted by Crippen LogP contribution is -2.31. The molecule has 2 aliphatic rings. The van der Waals surface area contributed by atoms with E-state index < -0.39 is 6.10 Å². The molecule has 0 spiro atoms. The van der Waals surface area contributed by atoms with Gasteiger partial charge >= 0.3 is 0 Å². The van der Waals surface area contributed by atoms with Gasteiger partial charge in [-0.3, -0.25) is 4.68 Å². The fraction of sp³-hybridized carbons (Fsp3) is 0.588. The molecular weight excluding hydrogens is 290 g/mol. The Hall–Kier alpha value is -1.95. The van der Waals surface area contributed by atoms with E-state index in [0.29, 0.717) is 18.4 Å². The molecule has 0 amide bonds. The number of aliphatic hydroxyl groups is 1. The summed E-state index contributed by atoms with van der Waals surface area (Å²) in [4.78, 5) is 11.5. The van der Waals surface area contributed by atoms with E-state index in [1.807, 2.05) is 25.5 Å². The summed E-state index contributed by atoms with van der Waals surface area (Å²) in [6, 6.07) is 2.33. The van der Waals surface area contributed by atoms with Gasteiger partial charge in [0.1, 0.15) is 11.6 Å². The van der Waals surface area contributed by atoms with Crippen LogP contribution in [0.1, 0.15) is 55.5 Å². The van der Waals surface area contributed by atoms with Crippen molar-refractivity contribution in [3.63, 3.8) is 0 Å². The number of aliphatic hydroxyl groups excluding tert-OH is 1. The zero-order valence-corrected chi connectivity index (χ0v) is 13.5. The average molecular weight is 313 g/mol. The molecule has 0 bridgehead atoms. The van der Waals surface area contributed by atoms with Crippen molar-refractivity contribution in [2.75, 3.05) is 11.4 Å². The Kier molecular flexibility index (Phi) is 3.77. The van der Waals surface area contributed by atoms with Gasteiger partial charge in [0.25, 0.3) is 0 Å². The van der Waals surface area contributed by atoms with Crippen LogP contribution in [0.3, 0.4) is 0 Å². The van der Waals surface area contributed by atoms with Crippen LogP contribution in [0, 0.1) is 0 Å². The quantitative estimate of drug-likeness (QED) is 0.916. The van der Waals surface area contributed by atoms with Crippen molar-refractivity contribution in [2.45, 2.75) is 50.2 Å². The molecule has 1 N–H and O–H groups in total. The molecule has 2 fully saturated rings. The van der Waals surface area contributed by atoms with Crippen LogP contribution in [0.4, 0.5) is 5.82 Å². The van der Waals surface area contributed by atoms with Crippen LogP contribution in [0.15, 0.2) is 24.7 Å². The van der Waals surface area contributed by atoms with E-state index in [4.69, 9.17) is 4.98 Å². The maximum absolute atomic E-state index is 10.5. The Morgan fingerprint density at radius 2 is 2.22 bits per heavy atom. The molecule has 0 radical (unpaired) electrons. The molecule has 2 aromatic heterocycles. The number of aromatic nitrogens is 4. The summed E-state index contributed by atoms with van der Waals surface area (Å²) in [6.45, 7) is 1.01. The van der Waals surface area contributed by atoms with Gasteiger partial charge in [0.05, 0.1) is 12.3 Å². The van der Waals surface area contributed by atoms with Gasteiger partial charge in [-0.1, -0.05) is 0 Å². The summed E-state index contributed by atoms with van der Waals surface area (Å²) < 4.78 is 1.73. The zero-order chi connectivity index (χ0) is 15.8. The summed E-state index contributed by atoms with van der Waals surface area (Å²) >= 11 is 0. The predicted octanol–water partition coefficient (Wildman–Crippen LogP) is 2.18. The monoisotopic (exact) mass is 313 g/mol. The third kappa shape index (κ3) is 3.08. The first-order valence-corrected chi connectivity index (χ1v) is 8.47. The van der Waals surface area contributed by atoms with Crippen molar-refractivity contribution in [1.29, 1.82) is 0 Å². The number of nitrogens with zero attached hydrogens (tertiary/aromatic N) is 5. The topological polar surface area (TPSA) is 67.1 Å². The van der Waals surface area contributed by atoms with Crippen LogP contribution in [-0.4, -0.2) is 37.4 Å². The Bertz CT molecular complexity index is 681. The Morgan fingerprint density at radius 1 is 1.35 bits per heavy atom. The first-order valence-electron chi connectivity index (χ1n) is 8.47. The SMILES string of the molecule is Cn1cc(C(O)CC2CCCN2c2ccnc(C3CC3)n2)cn1. The lowest BCUT2D eigenvalue weighted by molar-refractivity contribution is 0.158. The maximum Gasteiger partial charge on any atom is 0.133 e. The fourth-order valence-corrected chi connectivity index (χ4v) is 3.45. The van der Waals surface area contributed by atoms with Gasteiger partial charge in [0, 0.05) is 43.5 Å². The summed E-state index contributed by atoms with van der Waals surface area (Å²) in [7, 11) is 1.87. The van der Waals surface area contributed by atoms with Crippen molar-refractivity contribution in [2.24, 2.45) is 7.05 Å². The number of aryl methyl sites for hydroxylation is 1. The fourth-order valence-electron chi connectivity index (χ4n) is 3.45. The highest BCUT2D eigenvalue weighted by atomic mass is 16.3. The maximum atomic E-state index is 10.5. The Labute approximate surface area is 136 Å². The molecule has 122 valence electrons. The molecule has 23 heavy (non-hydrogen) atoms. The van der Waals surface area contributed by atoms with Gasteiger partial charge < -0.3 is 10.0 Å². The second-order valence-corrected chi connectivity index (χ2v) is 6.74. The molecule has 1 aliphatic carbocycles. The standard InChI is InChI=1S/C17H23N5O/c1-21-11-13(10-19-21)15(23)9-14-3-2-8-22(14)16-6-7-18-17(20-16)12-4-5-12/h6-7,10-12,14-15,23H,2-5,8-9H2,1H3. The Morgan fingerprint density at radius 3 is 2.96 bits per heavy atom. The van der Waals surface area contributed by atoms with E-state index in [1.54, 1.807) is 10.9 Å². The van der Waals surface area contributed by atoms with E-state index in [0.717, 1.165) is 36.6 Å². The second-order valence-electron chi connectivity index (χ2n) is 6.74. The van der Waals surface area contributed by atoms with Crippen molar-refractivity contribution >= 4 is 5.82 Å². The minimum Gasteiger partial charge on any atom is -0.388 e. The number of anilines is 1. The molecule has 6 nitrogen and oxygen atoms in total. The van der Waals surface area contributed by atoms with Crippen LogP contribution < -0.4 is 4.90 Å². The molecule has 1 saturated carbocycles. The summed E-state index contributed by atoms with van der Waals surface area (Å²) in [5, 5.41) is 14.6. The number of hydrogen-bond acceptors (Lipinski definition) is 5. The van der Waals surface area contributed by atoms with Gasteiger partial charge in [0.15, 0.2) is 0 Å². The minimum atomic E-state index is -0.473. The van der Waals surface area contributed by atoms with Gasteiger partial charge in [0.2, 0.25) is 0 Å². The second kappa shape index (κ2) is 5.92. The van der Waals surface area contributed by atoms with Crippen LogP contribution in [0.25, 0.3) is 0 Å². The molecule has 2 aromatic rings. The highest BCUT2D eigenvalue weighted by Gasteiger charge is 2.31. The zero-order valence-electron chi connectivity index (χ0n) is 13.5. The highest BCUT2D eigenvalue weighted by molar-refractivity contribution is 5.41. The molecule has 3 heterocycles. The largest absolute Gasteiger partial charge is 0.388 e. The molecular formula is C17H23N5O. The van der Waals surface area contributed by atoms with E-state index in [2.05, 4.69) is 15.0 Å². The third-order valence-electron chi connectivity index (χ3n) is 4.88. The summed E-state index contributed by atoms with van der Waals surface area (Å²) in [5.74, 6) is 2.57. The summed E-state index contributed by atoms with van der Waals surface area (Å²) in [6.07, 6.45) is 10.4. The number of hydrogen-bond donors (Lipinski definition) is 1. The first-order chi connectivity index (χ1) is 11.2. The first kappa shape index (κ1) is 14.6. The summed E-state index contributed by atoms with van der Waals surface area (Å²) in [5.41, 5.74) is 0.890. The van der Waals surface area contributed by atoms with Crippen molar-refractivity contribution in [3.05, 3.63) is 36.0 Å². The van der Waals surface area contributed by atoms with Crippen LogP contribution >= 0.6 is 0 Å². The van der Waals surface area contributed by atoms with Crippen molar-refractivity contribution in [3.8, 4) is 0 Å². The van der Waals surface area contributed by atoms with Gasteiger partial charge in [-0.05, 0) is 38.2 Å². The molecule has 1 aliphatic heterocycles. The molecule has 6 heteroatoms. The van der Waals surface area contributed by atoms with Crippen LogP contribution in [-0.2, 0) is 7.05 Å². The molecule has 2 atom stereocenters. The smallest absolute Gasteiger partial charge is 0.133 e. The van der Waals surface area contributed by atoms with E-state index in [9.17, 15) is 5.11 Å². The molecule has 2 unspecified atom stereocenters. The van der Waals surface area contributed by atoms with Crippen molar-refractivity contribution in [1.82, 2.24) is 19.7 Å². The molecule has 4 rings (SSSR count). The normalized spacial score (nSPS) is 22.5. The van der Waals surface area contributed by atoms with Gasteiger partial charge in [-0.25, -0.2) is 9.97 Å². The highest BCUT2D eigenvalue weighted by Crippen LogP contribution is 2.39. The lowest BCUT2D eigenvalue weighted by atomic mass is 10.0. The van der Waals surface area contributed by atoms with E-state index >= 15 is 0 Å². The number of rotatable bonds is 5. The molecule has 0 aromatic carbocycles. The van der Waals surface area contributed by atoms with Gasteiger partial charge in [-0.15, -0.1) is 0 Å². The minimum absolute atomic E-state index is 0.326. The average Bonchev–Trinajstić information content (AvgIpc) is 3.16. The third-order valence-corrected chi connectivity index (χ3v) is 4.88. The van der Waals surface area contributed by atoms with Gasteiger partial charge in [-0.2, -0.15) is 5.10 Å². The van der Waals surface area contributed by atoms with E-state index in [1.165, 1.54) is 12.8 Å². The van der Waals surface area contributed by atoms with E-state index in [-0.39, 0.29) is 0 Å².